The highest BCUT2D eigenvalue weighted by molar-refractivity contribution is 5.85. The van der Waals surface area contributed by atoms with Crippen molar-refractivity contribution in [2.75, 3.05) is 26.2 Å². The highest BCUT2D eigenvalue weighted by atomic mass is 35.5. The second-order valence-corrected chi connectivity index (χ2v) is 3.27. The minimum Gasteiger partial charge on any atom is -0.313 e. The van der Waals surface area contributed by atoms with Crippen molar-refractivity contribution in [2.24, 2.45) is 0 Å². The van der Waals surface area contributed by atoms with Crippen LogP contribution < -0.4 is 5.32 Å². The van der Waals surface area contributed by atoms with E-state index >= 15 is 0 Å². The average Bonchev–Trinajstić information content (AvgIpc) is 1.87. The summed E-state index contributed by atoms with van der Waals surface area (Å²) in [7, 11) is 0. The first-order chi connectivity index (χ1) is 4.73. The van der Waals surface area contributed by atoms with E-state index in [1.807, 2.05) is 0 Å². The van der Waals surface area contributed by atoms with E-state index in [4.69, 9.17) is 0 Å². The first kappa shape index (κ1) is 15.0. The van der Waals surface area contributed by atoms with Gasteiger partial charge in [-0.2, -0.15) is 0 Å². The van der Waals surface area contributed by atoms with Crippen molar-refractivity contribution >= 4 is 24.8 Å². The first-order valence-electron chi connectivity index (χ1n) is 4.18. The largest absolute Gasteiger partial charge is 0.313 e. The quantitative estimate of drug-likeness (QED) is 0.768. The molecule has 0 atom stereocenters. The SMILES string of the molecule is CCN(CC)C1(C)CNC1.Cl.Cl. The molecule has 0 aromatic carbocycles. The molecule has 1 fully saturated rings. The molecule has 0 spiro atoms. The first-order valence-corrected chi connectivity index (χ1v) is 4.18. The molecule has 0 aromatic rings. The number of likely N-dealkylation sites (N-methyl/N-ethyl adjacent to an activating group) is 1. The Labute approximate surface area is 87.9 Å². The van der Waals surface area contributed by atoms with Crippen LogP contribution in [0.15, 0.2) is 0 Å². The lowest BCUT2D eigenvalue weighted by Gasteiger charge is -2.47. The van der Waals surface area contributed by atoms with Crippen LogP contribution in [0.25, 0.3) is 0 Å². The van der Waals surface area contributed by atoms with Gasteiger partial charge in [0.2, 0.25) is 0 Å². The maximum atomic E-state index is 3.31. The van der Waals surface area contributed by atoms with Crippen LogP contribution in [0.4, 0.5) is 0 Å². The lowest BCUT2D eigenvalue weighted by atomic mass is 9.93. The predicted octanol–water partition coefficient (Wildman–Crippen LogP) is 1.53. The lowest BCUT2D eigenvalue weighted by Crippen LogP contribution is -2.66. The number of halogens is 2. The van der Waals surface area contributed by atoms with E-state index in [2.05, 4.69) is 31.0 Å². The van der Waals surface area contributed by atoms with Crippen LogP contribution in [0.5, 0.6) is 0 Å². The van der Waals surface area contributed by atoms with Crippen LogP contribution in [0.2, 0.25) is 0 Å². The minimum absolute atomic E-state index is 0. The summed E-state index contributed by atoms with van der Waals surface area (Å²) in [5.41, 5.74) is 0.462. The van der Waals surface area contributed by atoms with Gasteiger partial charge in [-0.25, -0.2) is 0 Å². The summed E-state index contributed by atoms with van der Waals surface area (Å²) in [5.74, 6) is 0. The molecule has 1 N–H and O–H groups in total. The van der Waals surface area contributed by atoms with Crippen molar-refractivity contribution in [1.82, 2.24) is 10.2 Å². The third-order valence-electron chi connectivity index (χ3n) is 2.54. The molecule has 0 unspecified atom stereocenters. The summed E-state index contributed by atoms with van der Waals surface area (Å²) in [6.07, 6.45) is 0. The topological polar surface area (TPSA) is 15.3 Å². The van der Waals surface area contributed by atoms with E-state index in [1.165, 1.54) is 13.1 Å². The van der Waals surface area contributed by atoms with Crippen LogP contribution in [-0.2, 0) is 0 Å². The van der Waals surface area contributed by atoms with Gasteiger partial charge in [0.25, 0.3) is 0 Å². The molecule has 1 rings (SSSR count). The molecule has 12 heavy (non-hydrogen) atoms. The fraction of sp³-hybridized carbons (Fsp3) is 1.00. The molecular formula is C8H20Cl2N2. The smallest absolute Gasteiger partial charge is 0.0429 e. The molecule has 0 saturated carbocycles. The van der Waals surface area contributed by atoms with Crippen LogP contribution in [0.3, 0.4) is 0 Å². The average molecular weight is 215 g/mol. The molecule has 0 radical (unpaired) electrons. The number of hydrogen-bond acceptors (Lipinski definition) is 2. The summed E-state index contributed by atoms with van der Waals surface area (Å²) in [6, 6.07) is 0. The second-order valence-electron chi connectivity index (χ2n) is 3.27. The van der Waals surface area contributed by atoms with Crippen LogP contribution in [0.1, 0.15) is 20.8 Å². The van der Waals surface area contributed by atoms with Crippen LogP contribution >= 0.6 is 24.8 Å². The van der Waals surface area contributed by atoms with Crippen molar-refractivity contribution in [3.05, 3.63) is 0 Å². The fourth-order valence-corrected chi connectivity index (χ4v) is 1.70. The monoisotopic (exact) mass is 214 g/mol. The third-order valence-corrected chi connectivity index (χ3v) is 2.54. The molecule has 1 saturated heterocycles. The van der Waals surface area contributed by atoms with Crippen molar-refractivity contribution in [2.45, 2.75) is 26.3 Å². The molecule has 0 aromatic heterocycles. The Morgan fingerprint density at radius 1 is 1.17 bits per heavy atom. The third kappa shape index (κ3) is 2.77. The van der Waals surface area contributed by atoms with Gasteiger partial charge in [0.1, 0.15) is 0 Å². The van der Waals surface area contributed by atoms with Crippen LogP contribution in [0, 0.1) is 0 Å². The van der Waals surface area contributed by atoms with Gasteiger partial charge in [-0.15, -0.1) is 24.8 Å². The highest BCUT2D eigenvalue weighted by Gasteiger charge is 2.35. The molecule has 1 aliphatic rings. The lowest BCUT2D eigenvalue weighted by molar-refractivity contribution is 0.0638. The zero-order chi connectivity index (χ0) is 7.61. The second kappa shape index (κ2) is 6.03. The van der Waals surface area contributed by atoms with Gasteiger partial charge in [0.15, 0.2) is 0 Å². The molecule has 76 valence electrons. The summed E-state index contributed by atoms with van der Waals surface area (Å²) in [5, 5.41) is 3.31. The van der Waals surface area contributed by atoms with Crippen molar-refractivity contribution in [1.29, 1.82) is 0 Å². The van der Waals surface area contributed by atoms with Gasteiger partial charge in [-0.1, -0.05) is 13.8 Å². The molecule has 1 heterocycles. The highest BCUT2D eigenvalue weighted by Crippen LogP contribution is 2.18. The van der Waals surface area contributed by atoms with E-state index in [0.29, 0.717) is 5.54 Å². The standard InChI is InChI=1S/C8H18N2.2ClH/c1-4-10(5-2)8(3)6-9-7-8;;/h9H,4-7H2,1-3H3;2*1H. The van der Waals surface area contributed by atoms with Gasteiger partial charge < -0.3 is 5.32 Å². The molecule has 0 bridgehead atoms. The Bertz CT molecular complexity index is 112. The Balaban J connectivity index is 0. The number of hydrogen-bond donors (Lipinski definition) is 1. The Hall–Kier alpha value is 0.500. The van der Waals surface area contributed by atoms with Crippen molar-refractivity contribution in [3.8, 4) is 0 Å². The number of nitrogens with one attached hydrogen (secondary N) is 1. The van der Waals surface area contributed by atoms with E-state index in [9.17, 15) is 0 Å². The zero-order valence-corrected chi connectivity index (χ0v) is 9.73. The van der Waals surface area contributed by atoms with E-state index in [1.54, 1.807) is 0 Å². The van der Waals surface area contributed by atoms with Crippen molar-refractivity contribution < 1.29 is 0 Å². The molecular weight excluding hydrogens is 195 g/mol. The Morgan fingerprint density at radius 2 is 1.58 bits per heavy atom. The number of nitrogens with zero attached hydrogens (tertiary/aromatic N) is 1. The molecule has 2 nitrogen and oxygen atoms in total. The fourth-order valence-electron chi connectivity index (χ4n) is 1.70. The normalized spacial score (nSPS) is 19.0. The molecule has 4 heteroatoms. The predicted molar refractivity (Wildman–Crippen MR) is 58.7 cm³/mol. The van der Waals surface area contributed by atoms with E-state index in [-0.39, 0.29) is 24.8 Å². The molecule has 1 aliphatic heterocycles. The zero-order valence-electron chi connectivity index (χ0n) is 8.09. The van der Waals surface area contributed by atoms with Gasteiger partial charge in [-0.05, 0) is 20.0 Å². The summed E-state index contributed by atoms with van der Waals surface area (Å²) < 4.78 is 0. The van der Waals surface area contributed by atoms with Gasteiger partial charge >= 0.3 is 0 Å². The Kier molecular flexibility index (Phi) is 7.54. The summed E-state index contributed by atoms with van der Waals surface area (Å²) in [6.45, 7) is 11.5. The minimum atomic E-state index is 0. The summed E-state index contributed by atoms with van der Waals surface area (Å²) >= 11 is 0. The maximum absolute atomic E-state index is 3.31. The van der Waals surface area contributed by atoms with Crippen molar-refractivity contribution in [3.63, 3.8) is 0 Å². The van der Waals surface area contributed by atoms with Gasteiger partial charge in [0.05, 0.1) is 0 Å². The van der Waals surface area contributed by atoms with Crippen LogP contribution in [-0.4, -0.2) is 36.6 Å². The van der Waals surface area contributed by atoms with Gasteiger partial charge in [0, 0.05) is 18.6 Å². The van der Waals surface area contributed by atoms with E-state index in [0.717, 1.165) is 13.1 Å². The van der Waals surface area contributed by atoms with E-state index < -0.39 is 0 Å². The number of rotatable bonds is 3. The molecule has 0 aliphatic carbocycles. The van der Waals surface area contributed by atoms with Gasteiger partial charge in [-0.3, -0.25) is 4.90 Å². The maximum Gasteiger partial charge on any atom is 0.0429 e. The summed E-state index contributed by atoms with van der Waals surface area (Å²) in [4.78, 5) is 2.52. The molecule has 0 amide bonds. The Morgan fingerprint density at radius 3 is 1.67 bits per heavy atom.